The number of anilines is 1. The van der Waals surface area contributed by atoms with Crippen molar-refractivity contribution in [2.45, 2.75) is 25.8 Å². The minimum absolute atomic E-state index is 0.625. The van der Waals surface area contributed by atoms with Crippen molar-refractivity contribution in [2.75, 3.05) is 38.2 Å². The van der Waals surface area contributed by atoms with Gasteiger partial charge in [0.2, 0.25) is 5.88 Å². The highest BCUT2D eigenvalue weighted by Crippen LogP contribution is 2.28. The topological polar surface area (TPSA) is 67.5 Å². The van der Waals surface area contributed by atoms with Crippen LogP contribution in [0, 0.1) is 0 Å². The van der Waals surface area contributed by atoms with Gasteiger partial charge in [-0.25, -0.2) is 9.97 Å². The number of hydrogen-bond acceptors (Lipinski definition) is 7. The summed E-state index contributed by atoms with van der Waals surface area (Å²) in [5.41, 5.74) is 4.60. The van der Waals surface area contributed by atoms with Crippen LogP contribution in [-0.2, 0) is 19.4 Å². The Hall–Kier alpha value is -2.67. The maximum Gasteiger partial charge on any atom is 0.224 e. The maximum atomic E-state index is 5.49. The molecule has 1 aliphatic heterocycles. The summed E-state index contributed by atoms with van der Waals surface area (Å²) in [6.45, 7) is 4.90. The Morgan fingerprint density at radius 3 is 2.85 bits per heavy atom. The minimum atomic E-state index is 0.625. The van der Waals surface area contributed by atoms with Gasteiger partial charge in [-0.3, -0.25) is 4.90 Å². The summed E-state index contributed by atoms with van der Waals surface area (Å²) in [5.74, 6) is 1.73. The molecule has 2 aliphatic rings. The molecule has 1 saturated heterocycles. The van der Waals surface area contributed by atoms with Crippen LogP contribution >= 0.6 is 0 Å². The molecular weight excluding hydrogens is 342 g/mol. The summed E-state index contributed by atoms with van der Waals surface area (Å²) in [6.07, 6.45) is 4.91. The zero-order valence-corrected chi connectivity index (χ0v) is 15.5. The van der Waals surface area contributed by atoms with Crippen LogP contribution in [0.5, 0.6) is 5.88 Å². The van der Waals surface area contributed by atoms with Gasteiger partial charge in [0.15, 0.2) is 0 Å². The second kappa shape index (κ2) is 6.81. The first-order chi connectivity index (χ1) is 13.3. The summed E-state index contributed by atoms with van der Waals surface area (Å²) in [6, 6.07) is 6.31. The molecule has 2 aromatic heterocycles. The number of nitrogens with zero attached hydrogens (tertiary/aromatic N) is 5. The molecule has 0 atom stereocenters. The standard InChI is InChI=1S/C20H23N5O2/c1-26-20-16-11-14(5-6-17(16)21-13-22-20)25-9-7-24(8-10-25)12-18-15-3-2-4-19(15)27-23-18/h5-6,11,13H,2-4,7-10,12H2,1H3. The highest BCUT2D eigenvalue weighted by Gasteiger charge is 2.24. The van der Waals surface area contributed by atoms with Crippen LogP contribution in [0.3, 0.4) is 0 Å². The third-order valence-corrected chi connectivity index (χ3v) is 5.67. The van der Waals surface area contributed by atoms with E-state index in [1.165, 1.54) is 17.7 Å². The van der Waals surface area contributed by atoms with Gasteiger partial charge in [0, 0.05) is 50.4 Å². The van der Waals surface area contributed by atoms with Gasteiger partial charge >= 0.3 is 0 Å². The van der Waals surface area contributed by atoms with Crippen LogP contribution in [0.4, 0.5) is 5.69 Å². The maximum absolute atomic E-state index is 5.49. The Kier molecular flexibility index (Phi) is 4.16. The van der Waals surface area contributed by atoms with Gasteiger partial charge < -0.3 is 14.2 Å². The van der Waals surface area contributed by atoms with E-state index in [0.717, 1.165) is 67.9 Å². The molecular formula is C20H23N5O2. The van der Waals surface area contributed by atoms with Gasteiger partial charge in [-0.2, -0.15) is 0 Å². The van der Waals surface area contributed by atoms with Crippen molar-refractivity contribution in [1.82, 2.24) is 20.0 Å². The van der Waals surface area contributed by atoms with Gasteiger partial charge in [-0.15, -0.1) is 0 Å². The Morgan fingerprint density at radius 2 is 2.00 bits per heavy atom. The molecule has 0 spiro atoms. The number of methoxy groups -OCH3 is 1. The summed E-state index contributed by atoms with van der Waals surface area (Å²) in [4.78, 5) is 13.4. The normalized spacial score (nSPS) is 17.4. The lowest BCUT2D eigenvalue weighted by Gasteiger charge is -2.36. The number of fused-ring (bicyclic) bond motifs is 2. The highest BCUT2D eigenvalue weighted by molar-refractivity contribution is 5.86. The van der Waals surface area contributed by atoms with E-state index >= 15 is 0 Å². The largest absolute Gasteiger partial charge is 0.480 e. The number of rotatable bonds is 4. The summed E-state index contributed by atoms with van der Waals surface area (Å²) < 4.78 is 10.9. The molecule has 140 valence electrons. The molecule has 0 bridgehead atoms. The molecule has 27 heavy (non-hydrogen) atoms. The quantitative estimate of drug-likeness (QED) is 0.703. The van der Waals surface area contributed by atoms with Crippen molar-refractivity contribution in [3.63, 3.8) is 0 Å². The molecule has 7 nitrogen and oxygen atoms in total. The number of hydrogen-bond donors (Lipinski definition) is 0. The first kappa shape index (κ1) is 16.5. The van der Waals surface area contributed by atoms with Crippen molar-refractivity contribution >= 4 is 16.6 Å². The molecule has 3 heterocycles. The van der Waals surface area contributed by atoms with Gasteiger partial charge in [0.1, 0.15) is 17.8 Å². The van der Waals surface area contributed by atoms with E-state index in [2.05, 4.69) is 37.1 Å². The molecule has 0 radical (unpaired) electrons. The van der Waals surface area contributed by atoms with Gasteiger partial charge in [-0.1, -0.05) is 5.16 Å². The van der Waals surface area contributed by atoms with E-state index in [1.54, 1.807) is 13.4 Å². The third kappa shape index (κ3) is 3.02. The molecule has 3 aromatic rings. The predicted molar refractivity (Wildman–Crippen MR) is 102 cm³/mol. The predicted octanol–water partition coefficient (Wildman–Crippen LogP) is 2.44. The monoisotopic (exact) mass is 365 g/mol. The molecule has 0 amide bonds. The zero-order valence-electron chi connectivity index (χ0n) is 15.5. The Labute approximate surface area is 157 Å². The second-order valence-electron chi connectivity index (χ2n) is 7.23. The van der Waals surface area contributed by atoms with Crippen molar-refractivity contribution < 1.29 is 9.26 Å². The van der Waals surface area contributed by atoms with Crippen molar-refractivity contribution in [3.8, 4) is 5.88 Å². The Morgan fingerprint density at radius 1 is 1.11 bits per heavy atom. The minimum Gasteiger partial charge on any atom is -0.480 e. The first-order valence-electron chi connectivity index (χ1n) is 9.54. The fourth-order valence-corrected chi connectivity index (χ4v) is 4.17. The van der Waals surface area contributed by atoms with Crippen LogP contribution in [0.15, 0.2) is 29.0 Å². The van der Waals surface area contributed by atoms with Crippen molar-refractivity contribution in [1.29, 1.82) is 0 Å². The van der Waals surface area contributed by atoms with E-state index in [9.17, 15) is 0 Å². The number of aryl methyl sites for hydroxylation is 1. The van der Waals surface area contributed by atoms with Gasteiger partial charge in [0.05, 0.1) is 18.0 Å². The van der Waals surface area contributed by atoms with Crippen LogP contribution in [0.25, 0.3) is 10.9 Å². The van der Waals surface area contributed by atoms with E-state index in [0.29, 0.717) is 5.88 Å². The average Bonchev–Trinajstić information content (AvgIpc) is 3.33. The Balaban J connectivity index is 1.28. The van der Waals surface area contributed by atoms with Crippen molar-refractivity contribution in [2.24, 2.45) is 0 Å². The van der Waals surface area contributed by atoms with E-state index < -0.39 is 0 Å². The van der Waals surface area contributed by atoms with Crippen LogP contribution in [0.1, 0.15) is 23.4 Å². The molecule has 0 saturated carbocycles. The lowest BCUT2D eigenvalue weighted by molar-refractivity contribution is 0.240. The molecule has 0 N–H and O–H groups in total. The lowest BCUT2D eigenvalue weighted by atomic mass is 10.1. The average molecular weight is 365 g/mol. The molecule has 1 aliphatic carbocycles. The van der Waals surface area contributed by atoms with Crippen molar-refractivity contribution in [3.05, 3.63) is 41.5 Å². The van der Waals surface area contributed by atoms with E-state index in [4.69, 9.17) is 9.26 Å². The third-order valence-electron chi connectivity index (χ3n) is 5.67. The number of ether oxygens (including phenoxy) is 1. The SMILES string of the molecule is COc1ncnc2ccc(N3CCN(Cc4noc5c4CCC5)CC3)cc12. The van der Waals surface area contributed by atoms with Crippen LogP contribution in [0.2, 0.25) is 0 Å². The summed E-state index contributed by atoms with van der Waals surface area (Å²) in [5, 5.41) is 5.26. The smallest absolute Gasteiger partial charge is 0.224 e. The summed E-state index contributed by atoms with van der Waals surface area (Å²) >= 11 is 0. The molecule has 7 heteroatoms. The molecule has 0 unspecified atom stereocenters. The van der Waals surface area contributed by atoms with E-state index in [-0.39, 0.29) is 0 Å². The first-order valence-corrected chi connectivity index (χ1v) is 9.54. The fraction of sp³-hybridized carbons (Fsp3) is 0.450. The van der Waals surface area contributed by atoms with Gasteiger partial charge in [0.25, 0.3) is 0 Å². The number of piperazine rings is 1. The number of benzene rings is 1. The zero-order chi connectivity index (χ0) is 18.2. The molecule has 5 rings (SSSR count). The van der Waals surface area contributed by atoms with Crippen LogP contribution < -0.4 is 9.64 Å². The number of aromatic nitrogens is 3. The molecule has 1 fully saturated rings. The Bertz CT molecular complexity index is 962. The van der Waals surface area contributed by atoms with Gasteiger partial charge in [-0.05, 0) is 31.0 Å². The lowest BCUT2D eigenvalue weighted by Crippen LogP contribution is -2.46. The van der Waals surface area contributed by atoms with Crippen LogP contribution in [-0.4, -0.2) is 53.3 Å². The summed E-state index contributed by atoms with van der Waals surface area (Å²) in [7, 11) is 1.65. The van der Waals surface area contributed by atoms with E-state index in [1.807, 2.05) is 6.07 Å². The fourth-order valence-electron chi connectivity index (χ4n) is 4.17. The second-order valence-corrected chi connectivity index (χ2v) is 7.23. The molecule has 1 aromatic carbocycles. The highest BCUT2D eigenvalue weighted by atomic mass is 16.5.